The second-order valence-corrected chi connectivity index (χ2v) is 7.67. The Labute approximate surface area is 178 Å². The van der Waals surface area contributed by atoms with Crippen molar-refractivity contribution < 1.29 is 9.18 Å². The number of halogens is 1. The summed E-state index contributed by atoms with van der Waals surface area (Å²) in [5.41, 5.74) is 5.06. The average molecular weight is 419 g/mol. The molecule has 3 aromatic heterocycles. The minimum Gasteiger partial charge on any atom is -0.317 e. The summed E-state index contributed by atoms with van der Waals surface area (Å²) in [4.78, 5) is 15.1. The third-order valence-electron chi connectivity index (χ3n) is 5.72. The van der Waals surface area contributed by atoms with Crippen LogP contribution < -0.4 is 10.6 Å². The van der Waals surface area contributed by atoms with E-state index in [1.54, 1.807) is 22.8 Å². The number of fused-ring (bicyclic) bond motifs is 1. The van der Waals surface area contributed by atoms with E-state index in [4.69, 9.17) is 10.2 Å². The molecule has 1 amide bonds. The first-order chi connectivity index (χ1) is 15.1. The van der Waals surface area contributed by atoms with E-state index < -0.39 is 0 Å². The Morgan fingerprint density at radius 2 is 1.90 bits per heavy atom. The maximum Gasteiger partial charge on any atom is 0.212 e. The molecule has 0 atom stereocenters. The number of nitrogens with zero attached hydrogens (tertiary/aromatic N) is 5. The standard InChI is InChI=1S/C22H22FN7O/c1-29-22(15-8-10-24-11-9-15)20(21(28-29)14-2-4-16(23)5-3-14)17-6-7-19-26-18(25-13-31)12-30(19)27-17/h2-7,12-13,15,24H,8-11H2,1H3,(H,25,31). The molecule has 0 spiro atoms. The van der Waals surface area contributed by atoms with Gasteiger partial charge in [0.2, 0.25) is 6.41 Å². The maximum atomic E-state index is 13.6. The lowest BCUT2D eigenvalue weighted by Gasteiger charge is -2.24. The molecule has 0 bridgehead atoms. The molecule has 158 valence electrons. The van der Waals surface area contributed by atoms with E-state index in [0.29, 0.717) is 23.8 Å². The van der Waals surface area contributed by atoms with Gasteiger partial charge in [0.05, 0.1) is 23.1 Å². The Morgan fingerprint density at radius 1 is 1.13 bits per heavy atom. The predicted molar refractivity (Wildman–Crippen MR) is 115 cm³/mol. The highest BCUT2D eigenvalue weighted by atomic mass is 19.1. The molecule has 0 radical (unpaired) electrons. The minimum absolute atomic E-state index is 0.284. The van der Waals surface area contributed by atoms with Crippen LogP contribution >= 0.6 is 0 Å². The highest BCUT2D eigenvalue weighted by Gasteiger charge is 2.27. The summed E-state index contributed by atoms with van der Waals surface area (Å²) < 4.78 is 17.1. The number of benzene rings is 1. The van der Waals surface area contributed by atoms with Crippen LogP contribution in [0.15, 0.2) is 42.6 Å². The van der Waals surface area contributed by atoms with E-state index in [9.17, 15) is 9.18 Å². The minimum atomic E-state index is -0.284. The van der Waals surface area contributed by atoms with Gasteiger partial charge in [-0.05, 0) is 62.3 Å². The number of aryl methyl sites for hydroxylation is 1. The van der Waals surface area contributed by atoms with Crippen molar-refractivity contribution in [1.82, 2.24) is 29.7 Å². The highest BCUT2D eigenvalue weighted by Crippen LogP contribution is 2.39. The van der Waals surface area contributed by atoms with Crippen molar-refractivity contribution in [3.63, 3.8) is 0 Å². The number of carbonyl (C=O) groups excluding carboxylic acids is 1. The zero-order valence-electron chi connectivity index (χ0n) is 17.0. The second kappa shape index (κ2) is 7.92. The largest absolute Gasteiger partial charge is 0.317 e. The lowest BCUT2D eigenvalue weighted by Crippen LogP contribution is -2.27. The number of nitrogens with one attached hydrogen (secondary N) is 2. The van der Waals surface area contributed by atoms with Crippen molar-refractivity contribution in [3.05, 3.63) is 54.1 Å². The van der Waals surface area contributed by atoms with Gasteiger partial charge in [0.1, 0.15) is 11.5 Å². The number of anilines is 1. The quantitative estimate of drug-likeness (QED) is 0.486. The van der Waals surface area contributed by atoms with E-state index in [1.165, 1.54) is 12.1 Å². The van der Waals surface area contributed by atoms with Crippen molar-refractivity contribution in [1.29, 1.82) is 0 Å². The van der Waals surface area contributed by atoms with Crippen LogP contribution in [-0.4, -0.2) is 43.9 Å². The summed E-state index contributed by atoms with van der Waals surface area (Å²) in [6.07, 6.45) is 4.28. The first kappa shape index (κ1) is 19.4. The van der Waals surface area contributed by atoms with Crippen LogP contribution in [0.4, 0.5) is 10.2 Å². The van der Waals surface area contributed by atoms with E-state index in [2.05, 4.69) is 15.6 Å². The number of carbonyl (C=O) groups is 1. The van der Waals surface area contributed by atoms with E-state index in [-0.39, 0.29) is 5.82 Å². The van der Waals surface area contributed by atoms with Crippen LogP contribution in [0, 0.1) is 5.82 Å². The lowest BCUT2D eigenvalue weighted by molar-refractivity contribution is -0.105. The SMILES string of the molecule is Cn1nc(-c2ccc(F)cc2)c(-c2ccc3nc(NC=O)cn3n2)c1C1CCNCC1. The summed E-state index contributed by atoms with van der Waals surface area (Å²) >= 11 is 0. The zero-order chi connectivity index (χ0) is 21.4. The highest BCUT2D eigenvalue weighted by molar-refractivity contribution is 5.82. The van der Waals surface area contributed by atoms with Crippen LogP contribution in [0.25, 0.3) is 28.2 Å². The Kier molecular flexibility index (Phi) is 4.95. The summed E-state index contributed by atoms with van der Waals surface area (Å²) in [6, 6.07) is 10.2. The van der Waals surface area contributed by atoms with Gasteiger partial charge in [-0.1, -0.05) is 0 Å². The molecular formula is C22H22FN7O. The smallest absolute Gasteiger partial charge is 0.212 e. The fraction of sp³-hybridized carbons (Fsp3) is 0.273. The molecule has 0 saturated carbocycles. The molecule has 8 nitrogen and oxygen atoms in total. The van der Waals surface area contributed by atoms with E-state index in [0.717, 1.165) is 54.1 Å². The van der Waals surface area contributed by atoms with Crippen molar-refractivity contribution >= 4 is 17.9 Å². The topological polar surface area (TPSA) is 89.1 Å². The number of hydrogen-bond acceptors (Lipinski definition) is 5. The fourth-order valence-electron chi connectivity index (χ4n) is 4.31. The lowest BCUT2D eigenvalue weighted by atomic mass is 9.89. The van der Waals surface area contributed by atoms with Gasteiger partial charge in [0, 0.05) is 18.5 Å². The van der Waals surface area contributed by atoms with Crippen LogP contribution in [0.2, 0.25) is 0 Å². The number of piperidine rings is 1. The monoisotopic (exact) mass is 419 g/mol. The third kappa shape index (κ3) is 3.57. The molecule has 9 heteroatoms. The Balaban J connectivity index is 1.70. The molecule has 1 aliphatic heterocycles. The molecule has 31 heavy (non-hydrogen) atoms. The van der Waals surface area contributed by atoms with Gasteiger partial charge in [0.25, 0.3) is 0 Å². The molecule has 4 aromatic rings. The van der Waals surface area contributed by atoms with Gasteiger partial charge in [-0.2, -0.15) is 10.2 Å². The summed E-state index contributed by atoms with van der Waals surface area (Å²) in [5, 5.41) is 15.6. The Hall–Kier alpha value is -3.59. The molecule has 1 aliphatic rings. The van der Waals surface area contributed by atoms with E-state index >= 15 is 0 Å². The molecule has 1 fully saturated rings. The van der Waals surface area contributed by atoms with Gasteiger partial charge in [-0.25, -0.2) is 13.9 Å². The average Bonchev–Trinajstić information content (AvgIpc) is 3.34. The van der Waals surface area contributed by atoms with Crippen LogP contribution in [-0.2, 0) is 11.8 Å². The van der Waals surface area contributed by atoms with Crippen LogP contribution in [0.3, 0.4) is 0 Å². The Morgan fingerprint density at radius 3 is 2.65 bits per heavy atom. The number of rotatable bonds is 5. The van der Waals surface area contributed by atoms with Crippen molar-refractivity contribution in [2.45, 2.75) is 18.8 Å². The number of amides is 1. The first-order valence-electron chi connectivity index (χ1n) is 10.2. The maximum absolute atomic E-state index is 13.6. The van der Waals surface area contributed by atoms with Crippen LogP contribution in [0.5, 0.6) is 0 Å². The van der Waals surface area contributed by atoms with Crippen molar-refractivity contribution in [2.24, 2.45) is 7.05 Å². The summed E-state index contributed by atoms with van der Waals surface area (Å²) in [5.74, 6) is 0.492. The number of aromatic nitrogens is 5. The van der Waals surface area contributed by atoms with E-state index in [1.807, 2.05) is 23.9 Å². The zero-order valence-corrected chi connectivity index (χ0v) is 17.0. The summed E-state index contributed by atoms with van der Waals surface area (Å²) in [7, 11) is 1.95. The molecular weight excluding hydrogens is 397 g/mol. The third-order valence-corrected chi connectivity index (χ3v) is 5.72. The normalized spacial score (nSPS) is 14.8. The van der Waals surface area contributed by atoms with Gasteiger partial charge in [0.15, 0.2) is 11.5 Å². The van der Waals surface area contributed by atoms with Gasteiger partial charge >= 0.3 is 0 Å². The van der Waals surface area contributed by atoms with Gasteiger partial charge < -0.3 is 10.6 Å². The molecule has 2 N–H and O–H groups in total. The van der Waals surface area contributed by atoms with Crippen molar-refractivity contribution in [3.8, 4) is 22.5 Å². The molecule has 1 saturated heterocycles. The number of imidazole rings is 1. The van der Waals surface area contributed by atoms with Gasteiger partial charge in [-0.3, -0.25) is 9.48 Å². The summed E-state index contributed by atoms with van der Waals surface area (Å²) in [6.45, 7) is 1.91. The second-order valence-electron chi connectivity index (χ2n) is 7.67. The molecule has 5 rings (SSSR count). The van der Waals surface area contributed by atoms with Gasteiger partial charge in [-0.15, -0.1) is 0 Å². The first-order valence-corrected chi connectivity index (χ1v) is 10.2. The molecule has 1 aromatic carbocycles. The van der Waals surface area contributed by atoms with Crippen molar-refractivity contribution in [2.75, 3.05) is 18.4 Å². The van der Waals surface area contributed by atoms with Crippen LogP contribution in [0.1, 0.15) is 24.5 Å². The predicted octanol–water partition coefficient (Wildman–Crippen LogP) is 2.97. The molecule has 0 aliphatic carbocycles. The molecule has 4 heterocycles. The Bertz CT molecular complexity index is 1240. The number of hydrogen-bond donors (Lipinski definition) is 2. The fourth-order valence-corrected chi connectivity index (χ4v) is 4.31. The molecule has 0 unspecified atom stereocenters.